The van der Waals surface area contributed by atoms with Gasteiger partial charge in [0.15, 0.2) is 0 Å². The summed E-state index contributed by atoms with van der Waals surface area (Å²) in [5.74, 6) is 4.55. The summed E-state index contributed by atoms with van der Waals surface area (Å²) in [5.41, 5.74) is 4.73. The molecule has 0 heterocycles. The highest BCUT2D eigenvalue weighted by molar-refractivity contribution is 7.92. The van der Waals surface area contributed by atoms with Gasteiger partial charge in [-0.2, -0.15) is 4.83 Å². The third kappa shape index (κ3) is 2.56. The van der Waals surface area contributed by atoms with Crippen LogP contribution in [0.1, 0.15) is 0 Å². The first-order chi connectivity index (χ1) is 3.62. The average Bonchev–Trinajstić information content (AvgIpc) is 1.67. The lowest BCUT2D eigenvalue weighted by molar-refractivity contribution is 0.593. The lowest BCUT2D eigenvalue weighted by Crippen LogP contribution is -2.28. The first-order valence-electron chi connectivity index (χ1n) is 1.73. The van der Waals surface area contributed by atoms with Crippen molar-refractivity contribution >= 4 is 10.0 Å². The highest BCUT2D eigenvalue weighted by atomic mass is 32.2. The second kappa shape index (κ2) is 2.65. The second-order valence-electron chi connectivity index (χ2n) is 0.991. The quantitative estimate of drug-likeness (QED) is 0.309. The van der Waals surface area contributed by atoms with Gasteiger partial charge in [-0.3, -0.25) is 5.84 Å². The second-order valence-corrected chi connectivity index (χ2v) is 2.59. The molecule has 0 aliphatic rings. The number of sulfonamides is 1. The molecule has 8 heavy (non-hydrogen) atoms. The maximum absolute atomic E-state index is 10.2. The molecule has 0 fully saturated rings. The molecule has 0 saturated heterocycles. The normalized spacial score (nSPS) is 12.6. The van der Waals surface area contributed by atoms with E-state index in [0.29, 0.717) is 0 Å². The molecule has 5 nitrogen and oxygen atoms in total. The minimum absolute atomic E-state index is 0.757. The van der Waals surface area contributed by atoms with Crippen LogP contribution in [0, 0.1) is 0 Å². The Bertz CT molecular complexity index is 170. The van der Waals surface area contributed by atoms with Crippen molar-refractivity contribution in [1.82, 2.24) is 4.83 Å². The van der Waals surface area contributed by atoms with Crippen molar-refractivity contribution in [1.29, 1.82) is 0 Å². The van der Waals surface area contributed by atoms with Crippen molar-refractivity contribution in [3.8, 4) is 0 Å². The van der Waals surface area contributed by atoms with Gasteiger partial charge in [0.05, 0.1) is 5.41 Å². The average molecular weight is 137 g/mol. The van der Waals surface area contributed by atoms with Crippen molar-refractivity contribution in [3.63, 3.8) is 0 Å². The van der Waals surface area contributed by atoms with Gasteiger partial charge in [0.25, 0.3) is 0 Å². The minimum Gasteiger partial charge on any atom is -0.404 e. The SMILES string of the molecule is N/C=C/S(=O)(=O)NN. The Morgan fingerprint density at radius 1 is 1.50 bits per heavy atom. The molecule has 0 spiro atoms. The van der Waals surface area contributed by atoms with Gasteiger partial charge in [-0.15, -0.1) is 0 Å². The molecule has 0 amide bonds. The van der Waals surface area contributed by atoms with Crippen LogP contribution >= 0.6 is 0 Å². The van der Waals surface area contributed by atoms with Crippen LogP contribution in [0.2, 0.25) is 0 Å². The summed E-state index contributed by atoms with van der Waals surface area (Å²) in [4.78, 5) is 1.55. The van der Waals surface area contributed by atoms with E-state index in [9.17, 15) is 8.42 Å². The predicted octanol–water partition coefficient (Wildman–Crippen LogP) is -1.79. The standard InChI is InChI=1S/C2H7N3O2S/c3-1-2-8(6,7)5-4/h1-2,5H,3-4H2/b2-1+. The molecule has 0 aliphatic carbocycles. The fourth-order valence-corrected chi connectivity index (χ4v) is 0.428. The highest BCUT2D eigenvalue weighted by Crippen LogP contribution is 1.77. The minimum atomic E-state index is -3.45. The Balaban J connectivity index is 4.17. The van der Waals surface area contributed by atoms with Gasteiger partial charge in [-0.05, 0) is 0 Å². The van der Waals surface area contributed by atoms with Gasteiger partial charge in [0.1, 0.15) is 0 Å². The Kier molecular flexibility index (Phi) is 2.46. The topological polar surface area (TPSA) is 98.2 Å². The highest BCUT2D eigenvalue weighted by Gasteiger charge is 1.96. The van der Waals surface area contributed by atoms with Crippen LogP contribution in [-0.2, 0) is 10.0 Å². The smallest absolute Gasteiger partial charge is 0.247 e. The van der Waals surface area contributed by atoms with E-state index in [1.54, 1.807) is 4.83 Å². The molecule has 0 bridgehead atoms. The number of rotatable bonds is 2. The van der Waals surface area contributed by atoms with Crippen molar-refractivity contribution in [2.75, 3.05) is 0 Å². The van der Waals surface area contributed by atoms with Crippen LogP contribution in [0.5, 0.6) is 0 Å². The summed E-state index contributed by atoms with van der Waals surface area (Å²) in [7, 11) is -3.45. The Hall–Kier alpha value is -0.590. The lowest BCUT2D eigenvalue weighted by atomic mass is 11.1. The molecule has 0 aromatic rings. The van der Waals surface area contributed by atoms with E-state index < -0.39 is 10.0 Å². The summed E-state index contributed by atoms with van der Waals surface area (Å²) in [6.45, 7) is 0. The van der Waals surface area contributed by atoms with E-state index in [1.807, 2.05) is 0 Å². The van der Waals surface area contributed by atoms with Crippen LogP contribution in [0.4, 0.5) is 0 Å². The summed E-state index contributed by atoms with van der Waals surface area (Å²) in [6.07, 6.45) is 0.884. The first-order valence-corrected chi connectivity index (χ1v) is 3.27. The van der Waals surface area contributed by atoms with E-state index in [2.05, 4.69) is 5.84 Å². The molecule has 0 aromatic carbocycles. The molecule has 0 radical (unpaired) electrons. The van der Waals surface area contributed by atoms with E-state index in [0.717, 1.165) is 11.6 Å². The molecule has 5 N–H and O–H groups in total. The van der Waals surface area contributed by atoms with E-state index >= 15 is 0 Å². The molecular weight excluding hydrogens is 130 g/mol. The van der Waals surface area contributed by atoms with E-state index in [1.165, 1.54) is 0 Å². The summed E-state index contributed by atoms with van der Waals surface area (Å²) in [5, 5.41) is 0.757. The fraction of sp³-hybridized carbons (Fsp3) is 0. The Morgan fingerprint density at radius 3 is 2.12 bits per heavy atom. The van der Waals surface area contributed by atoms with E-state index in [-0.39, 0.29) is 0 Å². The van der Waals surface area contributed by atoms with Crippen LogP contribution < -0.4 is 16.4 Å². The summed E-state index contributed by atoms with van der Waals surface area (Å²) in [6, 6.07) is 0. The van der Waals surface area contributed by atoms with Gasteiger partial charge in [0, 0.05) is 6.20 Å². The van der Waals surface area contributed by atoms with Crippen molar-refractivity contribution in [2.45, 2.75) is 0 Å². The Labute approximate surface area is 47.4 Å². The lowest BCUT2D eigenvalue weighted by Gasteiger charge is -1.89. The zero-order chi connectivity index (χ0) is 6.62. The maximum Gasteiger partial charge on any atom is 0.247 e. The number of nitrogens with two attached hydrogens (primary N) is 2. The van der Waals surface area contributed by atoms with Gasteiger partial charge >= 0.3 is 0 Å². The van der Waals surface area contributed by atoms with Crippen molar-refractivity contribution in [3.05, 3.63) is 11.6 Å². The third-order valence-corrected chi connectivity index (χ3v) is 1.27. The van der Waals surface area contributed by atoms with Gasteiger partial charge < -0.3 is 5.73 Å². The fourth-order valence-electron chi connectivity index (χ4n) is 0.143. The number of hydrogen-bond acceptors (Lipinski definition) is 4. The number of hydrogen-bond donors (Lipinski definition) is 3. The molecule has 48 valence electrons. The van der Waals surface area contributed by atoms with Crippen LogP contribution in [-0.4, -0.2) is 8.42 Å². The predicted molar refractivity (Wildman–Crippen MR) is 29.6 cm³/mol. The molecule has 0 rings (SSSR count). The Morgan fingerprint density at radius 2 is 2.00 bits per heavy atom. The number of nitrogens with one attached hydrogen (secondary N) is 1. The van der Waals surface area contributed by atoms with Crippen molar-refractivity contribution in [2.24, 2.45) is 11.6 Å². The maximum atomic E-state index is 10.2. The molecule has 6 heteroatoms. The van der Waals surface area contributed by atoms with Gasteiger partial charge in [0.2, 0.25) is 10.0 Å². The largest absolute Gasteiger partial charge is 0.404 e. The van der Waals surface area contributed by atoms with Gasteiger partial charge in [-0.1, -0.05) is 0 Å². The molecule has 0 aromatic heterocycles. The summed E-state index contributed by atoms with van der Waals surface area (Å²) >= 11 is 0. The van der Waals surface area contributed by atoms with Crippen LogP contribution in [0.25, 0.3) is 0 Å². The molecule has 0 aliphatic heterocycles. The zero-order valence-electron chi connectivity index (χ0n) is 4.03. The monoisotopic (exact) mass is 137 g/mol. The molecule has 0 atom stereocenters. The number of hydrazine groups is 1. The molecular formula is C2H7N3O2S. The van der Waals surface area contributed by atoms with Gasteiger partial charge in [-0.25, -0.2) is 8.42 Å². The van der Waals surface area contributed by atoms with E-state index in [4.69, 9.17) is 5.73 Å². The van der Waals surface area contributed by atoms with Crippen LogP contribution in [0.15, 0.2) is 11.6 Å². The first kappa shape index (κ1) is 7.41. The third-order valence-electron chi connectivity index (χ3n) is 0.422. The summed E-state index contributed by atoms with van der Waals surface area (Å²) < 4.78 is 20.4. The molecule has 0 saturated carbocycles. The zero-order valence-corrected chi connectivity index (χ0v) is 4.85. The van der Waals surface area contributed by atoms with Crippen molar-refractivity contribution < 1.29 is 8.42 Å². The van der Waals surface area contributed by atoms with Crippen LogP contribution in [0.3, 0.4) is 0 Å². The molecule has 0 unspecified atom stereocenters.